The number of carbonyl (C=O) groups excluding carboxylic acids is 6. The second kappa shape index (κ2) is 31.6. The Bertz CT molecular complexity index is 4280. The molecule has 0 radical (unpaired) electrons. The summed E-state index contributed by atoms with van der Waals surface area (Å²) in [5.41, 5.74) is 9.29. The molecule has 23 nitrogen and oxygen atoms in total. The fourth-order valence-electron chi connectivity index (χ4n) is 12.7. The summed E-state index contributed by atoms with van der Waals surface area (Å²) in [5, 5.41) is 55.7. The molecule has 3 unspecified atom stereocenters. The number of nitrogens with one attached hydrogen (secondary N) is 6. The number of rotatable bonds is 20. The summed E-state index contributed by atoms with van der Waals surface area (Å²) >= 11 is 6.33. The topological polar surface area (TPSA) is 307 Å². The van der Waals surface area contributed by atoms with Gasteiger partial charge in [-0.15, -0.1) is 0 Å². The van der Waals surface area contributed by atoms with Crippen molar-refractivity contribution in [2.24, 2.45) is 0 Å². The van der Waals surface area contributed by atoms with Crippen molar-refractivity contribution in [3.63, 3.8) is 0 Å². The van der Waals surface area contributed by atoms with Crippen LogP contribution < -0.4 is 31.9 Å². The molecule has 12 rings (SSSR count). The third-order valence-corrected chi connectivity index (χ3v) is 18.7. The first kappa shape index (κ1) is 69.1. The summed E-state index contributed by atoms with van der Waals surface area (Å²) in [6.07, 6.45) is 19.2. The Morgan fingerprint density at radius 3 is 1.18 bits per heavy atom. The Balaban J connectivity index is 0.000000157. The summed E-state index contributed by atoms with van der Waals surface area (Å²) in [6.45, 7) is 15.9. The largest absolute Gasteiger partial charge is 0.508 e. The number of aryl methyl sites for hydroxylation is 4. The van der Waals surface area contributed by atoms with E-state index in [2.05, 4.69) is 62.1 Å². The maximum atomic E-state index is 13.5. The zero-order chi connectivity index (χ0) is 68.2. The molecule has 6 heterocycles. The van der Waals surface area contributed by atoms with Crippen molar-refractivity contribution in [2.45, 2.75) is 194 Å². The van der Waals surface area contributed by atoms with Gasteiger partial charge in [-0.2, -0.15) is 15.3 Å². The highest BCUT2D eigenvalue weighted by Crippen LogP contribution is 2.35. The number of benzene rings is 3. The Morgan fingerprint density at radius 1 is 0.490 bits per heavy atom. The van der Waals surface area contributed by atoms with E-state index in [0.717, 1.165) is 106 Å². The Labute approximate surface area is 563 Å². The Morgan fingerprint density at radius 2 is 0.833 bits per heavy atom. The smallest absolute Gasteiger partial charge is 0.255 e. The van der Waals surface area contributed by atoms with Crippen molar-refractivity contribution in [2.75, 3.05) is 16.0 Å². The molecule has 0 spiro atoms. The lowest BCUT2D eigenvalue weighted by Crippen LogP contribution is -2.31. The summed E-state index contributed by atoms with van der Waals surface area (Å²) in [6, 6.07) is 19.3. The molecule has 504 valence electrons. The number of phenolic OH excluding ortho intramolecular Hbond substituents is 2. The molecule has 0 aliphatic heterocycles. The normalized spacial score (nSPS) is 15.6. The SMILES string of the molecule is CCC(NC(=O)c1cnc2c(cnn2CC)c1NC1CCC(=O)CC1)c1ccc(C)c(Cl)c1.CCC(NC(=O)c1cnc2c(cnn2CC)c1NC1CCC(=O)CC1)c1cccc(O)c1.CCn1ncc2c(NC3CCC(=O)CC3)c(C(=O)NC(C)c3cccc(O)c3)cnc21. The van der Waals surface area contributed by atoms with Gasteiger partial charge in [0, 0.05) is 99.9 Å². The number of nitrogens with zero attached hydrogens (tertiary/aromatic N) is 9. The number of phenols is 2. The zero-order valence-corrected chi connectivity index (χ0v) is 56.3. The van der Waals surface area contributed by atoms with Gasteiger partial charge in [0.05, 0.1) is 86.6 Å². The van der Waals surface area contributed by atoms with Gasteiger partial charge in [-0.25, -0.2) is 29.0 Å². The molecule has 3 aliphatic carbocycles. The highest BCUT2D eigenvalue weighted by molar-refractivity contribution is 6.31. The zero-order valence-electron chi connectivity index (χ0n) is 55.5. The van der Waals surface area contributed by atoms with Crippen LogP contribution in [0.25, 0.3) is 33.1 Å². The molecular weight excluding hydrogens is 1240 g/mol. The van der Waals surface area contributed by atoms with Gasteiger partial charge < -0.3 is 42.1 Å². The number of ketones is 3. The van der Waals surface area contributed by atoms with Crippen molar-refractivity contribution in [1.82, 2.24) is 60.2 Å². The molecule has 0 bridgehead atoms. The molecule has 9 aromatic rings. The number of halogens is 1. The minimum atomic E-state index is -0.297. The minimum Gasteiger partial charge on any atom is -0.508 e. The highest BCUT2D eigenvalue weighted by Gasteiger charge is 2.29. The number of anilines is 3. The van der Waals surface area contributed by atoms with Crippen molar-refractivity contribution in [3.05, 3.63) is 148 Å². The molecule has 3 aliphatic rings. The summed E-state index contributed by atoms with van der Waals surface area (Å²) < 4.78 is 5.41. The maximum Gasteiger partial charge on any atom is 0.255 e. The standard InChI is InChI=1S/C25H30ClN5O2.C24H29N5O3.C23H27N5O3/c1-4-22(16-7-6-15(3)21(26)12-16)30-25(33)20-13-27-24-19(14-28-31(24)5-2)23(20)29-17-8-10-18(32)11-9-17;1-3-21(15-6-5-7-18(31)12-15)28-24(32)20-13-25-23-19(14-26-29(23)4-2)22(20)27-16-8-10-17(30)11-9-16;1-3-28-22-19(13-25-28)21(27-16-7-9-17(29)10-8-16)20(12-24-22)23(31)26-14(2)15-5-4-6-18(30)11-15/h6-7,12-14,17,22H,4-5,8-11H2,1-3H3,(H,27,29)(H,30,33);5-7,12-14,16,21,31H,3-4,8-11H2,1-2H3,(H,25,27)(H,28,32);4-6,11-14,16,30H,3,7-10H2,1-2H3,(H,24,27)(H,26,31). The molecule has 8 N–H and O–H groups in total. The predicted molar refractivity (Wildman–Crippen MR) is 372 cm³/mol. The van der Waals surface area contributed by atoms with Gasteiger partial charge in [-0.3, -0.25) is 28.8 Å². The van der Waals surface area contributed by atoms with E-state index in [1.165, 1.54) is 0 Å². The molecule has 0 saturated heterocycles. The molecule has 3 amide bonds. The van der Waals surface area contributed by atoms with E-state index in [0.29, 0.717) is 103 Å². The van der Waals surface area contributed by atoms with E-state index in [9.17, 15) is 39.0 Å². The lowest BCUT2D eigenvalue weighted by molar-refractivity contribution is -0.121. The van der Waals surface area contributed by atoms with Gasteiger partial charge in [-0.05, 0) is 139 Å². The van der Waals surface area contributed by atoms with Gasteiger partial charge in [0.15, 0.2) is 16.9 Å². The van der Waals surface area contributed by atoms with E-state index < -0.39 is 0 Å². The van der Waals surface area contributed by atoms with Gasteiger partial charge in [-0.1, -0.05) is 61.8 Å². The maximum absolute atomic E-state index is 13.5. The van der Waals surface area contributed by atoms with E-state index >= 15 is 0 Å². The first-order valence-corrected chi connectivity index (χ1v) is 33.9. The molecule has 96 heavy (non-hydrogen) atoms. The number of carbonyl (C=O) groups is 6. The van der Waals surface area contributed by atoms with Crippen LogP contribution in [0.1, 0.15) is 203 Å². The number of amides is 3. The third kappa shape index (κ3) is 16.3. The fraction of sp³-hybridized carbons (Fsp3) is 0.417. The number of fused-ring (bicyclic) bond motifs is 3. The van der Waals surface area contributed by atoms with Crippen LogP contribution in [0.2, 0.25) is 5.02 Å². The van der Waals surface area contributed by atoms with Crippen LogP contribution in [0, 0.1) is 6.92 Å². The average molecular weight is 1330 g/mol. The first-order chi connectivity index (χ1) is 46.4. The fourth-order valence-corrected chi connectivity index (χ4v) is 12.8. The van der Waals surface area contributed by atoms with E-state index in [1.807, 2.05) is 83.5 Å². The van der Waals surface area contributed by atoms with Crippen molar-refractivity contribution in [1.29, 1.82) is 0 Å². The average Bonchev–Trinajstić information content (AvgIpc) is 1.62. The first-order valence-electron chi connectivity index (χ1n) is 33.5. The van der Waals surface area contributed by atoms with E-state index in [-0.39, 0.29) is 77.0 Å². The number of aromatic nitrogens is 9. The highest BCUT2D eigenvalue weighted by atomic mass is 35.5. The van der Waals surface area contributed by atoms with Crippen LogP contribution in [-0.2, 0) is 34.0 Å². The predicted octanol–water partition coefficient (Wildman–Crippen LogP) is 12.8. The van der Waals surface area contributed by atoms with Gasteiger partial charge in [0.1, 0.15) is 28.8 Å². The Hall–Kier alpha value is -9.77. The molecular formula is C72H86ClN15O8. The van der Waals surface area contributed by atoms with Crippen LogP contribution in [0.4, 0.5) is 17.1 Å². The quantitative estimate of drug-likeness (QED) is 0.0352. The van der Waals surface area contributed by atoms with Crippen LogP contribution in [0.5, 0.6) is 11.5 Å². The van der Waals surface area contributed by atoms with E-state index in [4.69, 9.17) is 11.6 Å². The van der Waals surface area contributed by atoms with Gasteiger partial charge in [0.25, 0.3) is 17.7 Å². The number of hydrogen-bond donors (Lipinski definition) is 8. The monoisotopic (exact) mass is 1320 g/mol. The molecule has 3 saturated carbocycles. The number of hydrogen-bond acceptors (Lipinski definition) is 17. The van der Waals surface area contributed by atoms with Crippen LogP contribution in [0.15, 0.2) is 104 Å². The molecule has 3 fully saturated rings. The molecule has 6 aromatic heterocycles. The van der Waals surface area contributed by atoms with Crippen LogP contribution >= 0.6 is 11.6 Å². The van der Waals surface area contributed by atoms with Gasteiger partial charge in [0.2, 0.25) is 0 Å². The number of pyridine rings is 3. The Kier molecular flexibility index (Phi) is 22.8. The molecule has 24 heteroatoms. The number of aromatic hydroxyl groups is 2. The summed E-state index contributed by atoms with van der Waals surface area (Å²) in [4.78, 5) is 88.6. The van der Waals surface area contributed by atoms with Crippen molar-refractivity contribution in [3.8, 4) is 11.5 Å². The molecule has 3 aromatic carbocycles. The van der Waals surface area contributed by atoms with Crippen LogP contribution in [-0.4, -0.2) is 108 Å². The number of Topliss-reactive ketones (excluding diaryl/α,β-unsaturated/α-hetero) is 3. The van der Waals surface area contributed by atoms with Crippen LogP contribution in [0.3, 0.4) is 0 Å². The van der Waals surface area contributed by atoms with Gasteiger partial charge >= 0.3 is 0 Å². The summed E-state index contributed by atoms with van der Waals surface area (Å²) in [7, 11) is 0. The lowest BCUT2D eigenvalue weighted by atomic mass is 9.94. The van der Waals surface area contributed by atoms with E-state index in [1.54, 1.807) is 82.9 Å². The second-order valence-corrected chi connectivity index (χ2v) is 25.3. The second-order valence-electron chi connectivity index (χ2n) is 24.9. The minimum absolute atomic E-state index is 0.114. The van der Waals surface area contributed by atoms with Crippen molar-refractivity contribution >= 4 is 96.8 Å². The third-order valence-electron chi connectivity index (χ3n) is 18.3. The summed E-state index contributed by atoms with van der Waals surface area (Å²) in [5.74, 6) is 0.490. The lowest BCUT2D eigenvalue weighted by Gasteiger charge is -2.25. The molecule has 3 atom stereocenters. The van der Waals surface area contributed by atoms with Crippen molar-refractivity contribution < 1.29 is 39.0 Å².